The Morgan fingerprint density at radius 2 is 1.50 bits per heavy atom. The van der Waals surface area contributed by atoms with Gasteiger partial charge >= 0.3 is 0 Å². The summed E-state index contributed by atoms with van der Waals surface area (Å²) in [7, 11) is 0. The molecule has 0 saturated carbocycles. The summed E-state index contributed by atoms with van der Waals surface area (Å²) in [5, 5.41) is 3.66. The first-order valence-corrected chi connectivity index (χ1v) is 7.34. The van der Waals surface area contributed by atoms with Crippen LogP contribution in [0.15, 0.2) is 36.4 Å². The molecule has 0 spiro atoms. The van der Waals surface area contributed by atoms with Crippen molar-refractivity contribution in [2.75, 3.05) is 0 Å². The fourth-order valence-corrected chi connectivity index (χ4v) is 2.93. The fourth-order valence-electron chi connectivity index (χ4n) is 2.93. The molecule has 0 saturated heterocycles. The van der Waals surface area contributed by atoms with Crippen molar-refractivity contribution in [1.82, 2.24) is 5.32 Å². The Labute approximate surface area is 123 Å². The van der Waals surface area contributed by atoms with Crippen molar-refractivity contribution in [2.24, 2.45) is 0 Å². The highest BCUT2D eigenvalue weighted by Gasteiger charge is 2.09. The summed E-state index contributed by atoms with van der Waals surface area (Å²) in [5.41, 5.74) is 8.27. The summed E-state index contributed by atoms with van der Waals surface area (Å²) in [4.78, 5) is 0. The Hall–Kier alpha value is -1.60. The highest BCUT2D eigenvalue weighted by atomic mass is 14.9. The molecule has 0 aliphatic rings. The Kier molecular flexibility index (Phi) is 4.61. The molecular weight excluding hydrogens is 242 g/mol. The number of hydrogen-bond acceptors (Lipinski definition) is 1. The molecule has 1 nitrogen and oxygen atoms in total. The number of hydrogen-bond donors (Lipinski definition) is 1. The average molecular weight is 267 g/mol. The van der Waals surface area contributed by atoms with Gasteiger partial charge in [0.1, 0.15) is 0 Å². The zero-order valence-electron chi connectivity index (χ0n) is 13.2. The summed E-state index contributed by atoms with van der Waals surface area (Å²) in [6.07, 6.45) is 0. The van der Waals surface area contributed by atoms with Crippen LogP contribution < -0.4 is 5.32 Å². The molecule has 0 amide bonds. The molecular formula is C19H25N. The predicted molar refractivity (Wildman–Crippen MR) is 87.1 cm³/mol. The molecule has 0 fully saturated rings. The standard InChI is InChI=1S/C19H25N/c1-13-10-15(3)19(16(4)11-13)12-20-17(5)18-9-7-6-8-14(18)2/h6-11,17,20H,12H2,1-5H3/t17-/m0/s1. The summed E-state index contributed by atoms with van der Waals surface area (Å²) >= 11 is 0. The van der Waals surface area contributed by atoms with Crippen molar-refractivity contribution >= 4 is 0 Å². The molecule has 20 heavy (non-hydrogen) atoms. The maximum Gasteiger partial charge on any atom is 0.0297 e. The smallest absolute Gasteiger partial charge is 0.0297 e. The van der Waals surface area contributed by atoms with Crippen molar-refractivity contribution < 1.29 is 0 Å². The van der Waals surface area contributed by atoms with Crippen LogP contribution >= 0.6 is 0 Å². The van der Waals surface area contributed by atoms with Crippen molar-refractivity contribution in [3.05, 3.63) is 69.8 Å². The lowest BCUT2D eigenvalue weighted by Gasteiger charge is -2.19. The van der Waals surface area contributed by atoms with Crippen LogP contribution in [0.5, 0.6) is 0 Å². The molecule has 0 aliphatic heterocycles. The third-order valence-corrected chi connectivity index (χ3v) is 4.08. The van der Waals surface area contributed by atoms with E-state index in [1.165, 1.54) is 33.4 Å². The summed E-state index contributed by atoms with van der Waals surface area (Å²) < 4.78 is 0. The lowest BCUT2D eigenvalue weighted by atomic mass is 9.98. The first-order valence-electron chi connectivity index (χ1n) is 7.34. The van der Waals surface area contributed by atoms with Gasteiger partial charge in [-0.1, -0.05) is 42.0 Å². The van der Waals surface area contributed by atoms with E-state index in [9.17, 15) is 0 Å². The minimum Gasteiger partial charge on any atom is -0.306 e. The Morgan fingerprint density at radius 3 is 2.10 bits per heavy atom. The zero-order valence-corrected chi connectivity index (χ0v) is 13.2. The quantitative estimate of drug-likeness (QED) is 0.841. The van der Waals surface area contributed by atoms with Crippen LogP contribution in [0.25, 0.3) is 0 Å². The first-order chi connectivity index (χ1) is 9.49. The number of aryl methyl sites for hydroxylation is 4. The van der Waals surface area contributed by atoms with E-state index >= 15 is 0 Å². The van der Waals surface area contributed by atoms with Gasteiger partial charge in [-0.3, -0.25) is 0 Å². The molecule has 0 aliphatic carbocycles. The van der Waals surface area contributed by atoms with E-state index in [4.69, 9.17) is 0 Å². The van der Waals surface area contributed by atoms with E-state index in [2.05, 4.69) is 76.3 Å². The van der Waals surface area contributed by atoms with Crippen LogP contribution in [0.4, 0.5) is 0 Å². The lowest BCUT2D eigenvalue weighted by Crippen LogP contribution is -2.20. The Bertz CT molecular complexity index is 575. The molecule has 2 rings (SSSR count). The van der Waals surface area contributed by atoms with Gasteiger partial charge in [-0.2, -0.15) is 0 Å². The average Bonchev–Trinajstić information content (AvgIpc) is 2.37. The zero-order chi connectivity index (χ0) is 14.7. The van der Waals surface area contributed by atoms with E-state index in [0.717, 1.165) is 6.54 Å². The molecule has 1 N–H and O–H groups in total. The topological polar surface area (TPSA) is 12.0 Å². The van der Waals surface area contributed by atoms with Gasteiger partial charge in [0, 0.05) is 12.6 Å². The summed E-state index contributed by atoms with van der Waals surface area (Å²) in [5.74, 6) is 0. The largest absolute Gasteiger partial charge is 0.306 e. The highest BCUT2D eigenvalue weighted by molar-refractivity contribution is 5.37. The van der Waals surface area contributed by atoms with Crippen molar-refractivity contribution in [2.45, 2.75) is 47.2 Å². The predicted octanol–water partition coefficient (Wildman–Crippen LogP) is 4.77. The third-order valence-electron chi connectivity index (χ3n) is 4.08. The molecule has 0 unspecified atom stereocenters. The Balaban J connectivity index is 2.12. The normalized spacial score (nSPS) is 12.4. The number of benzene rings is 2. The molecule has 1 atom stereocenters. The highest BCUT2D eigenvalue weighted by Crippen LogP contribution is 2.20. The van der Waals surface area contributed by atoms with Gasteiger partial charge in [0.25, 0.3) is 0 Å². The molecule has 0 heterocycles. The van der Waals surface area contributed by atoms with Crippen LogP contribution in [-0.2, 0) is 6.54 Å². The maximum atomic E-state index is 3.66. The minimum atomic E-state index is 0.372. The molecule has 0 bridgehead atoms. The Morgan fingerprint density at radius 1 is 0.900 bits per heavy atom. The maximum absolute atomic E-state index is 3.66. The summed E-state index contributed by atoms with van der Waals surface area (Å²) in [6, 6.07) is 13.5. The lowest BCUT2D eigenvalue weighted by molar-refractivity contribution is 0.569. The second-order valence-electron chi connectivity index (χ2n) is 5.84. The first kappa shape index (κ1) is 14.8. The van der Waals surface area contributed by atoms with Gasteiger partial charge < -0.3 is 5.32 Å². The molecule has 106 valence electrons. The van der Waals surface area contributed by atoms with Crippen LogP contribution in [0.2, 0.25) is 0 Å². The molecule has 0 radical (unpaired) electrons. The van der Waals surface area contributed by atoms with E-state index in [1.54, 1.807) is 0 Å². The van der Waals surface area contributed by atoms with Crippen molar-refractivity contribution in [3.63, 3.8) is 0 Å². The molecule has 1 heteroatoms. The van der Waals surface area contributed by atoms with Crippen LogP contribution in [-0.4, -0.2) is 0 Å². The van der Waals surface area contributed by atoms with Gasteiger partial charge in [0.15, 0.2) is 0 Å². The van der Waals surface area contributed by atoms with Gasteiger partial charge in [-0.05, 0) is 62.4 Å². The van der Waals surface area contributed by atoms with Crippen molar-refractivity contribution in [3.8, 4) is 0 Å². The van der Waals surface area contributed by atoms with Gasteiger partial charge in [-0.25, -0.2) is 0 Å². The fraction of sp³-hybridized carbons (Fsp3) is 0.368. The van der Waals surface area contributed by atoms with Gasteiger partial charge in [-0.15, -0.1) is 0 Å². The second kappa shape index (κ2) is 6.23. The van der Waals surface area contributed by atoms with Crippen LogP contribution in [0, 0.1) is 27.7 Å². The van der Waals surface area contributed by atoms with Gasteiger partial charge in [0.2, 0.25) is 0 Å². The summed E-state index contributed by atoms with van der Waals surface area (Å²) in [6.45, 7) is 11.9. The second-order valence-corrected chi connectivity index (χ2v) is 5.84. The van der Waals surface area contributed by atoms with E-state index in [0.29, 0.717) is 6.04 Å². The van der Waals surface area contributed by atoms with E-state index in [1.807, 2.05) is 0 Å². The van der Waals surface area contributed by atoms with Gasteiger partial charge in [0.05, 0.1) is 0 Å². The number of rotatable bonds is 4. The SMILES string of the molecule is Cc1cc(C)c(CN[C@@H](C)c2ccccc2C)c(C)c1. The van der Waals surface area contributed by atoms with Crippen molar-refractivity contribution in [1.29, 1.82) is 0 Å². The van der Waals surface area contributed by atoms with Crippen LogP contribution in [0.1, 0.15) is 46.3 Å². The minimum absolute atomic E-state index is 0.372. The monoisotopic (exact) mass is 267 g/mol. The number of nitrogens with one attached hydrogen (secondary N) is 1. The van der Waals surface area contributed by atoms with E-state index in [-0.39, 0.29) is 0 Å². The molecule has 0 aromatic heterocycles. The molecule has 2 aromatic carbocycles. The van der Waals surface area contributed by atoms with Crippen LogP contribution in [0.3, 0.4) is 0 Å². The molecule has 2 aromatic rings. The van der Waals surface area contributed by atoms with E-state index < -0.39 is 0 Å². The third kappa shape index (κ3) is 3.29.